The van der Waals surface area contributed by atoms with Gasteiger partial charge in [-0.05, 0) is 44.5 Å². The number of anilines is 2. The largest absolute Gasteiger partial charge is 0.389 e. The molecule has 1 aromatic carbocycles. The summed E-state index contributed by atoms with van der Waals surface area (Å²) in [7, 11) is 0. The van der Waals surface area contributed by atoms with E-state index < -0.39 is 0 Å². The van der Waals surface area contributed by atoms with Gasteiger partial charge in [0, 0.05) is 23.4 Å². The molecule has 1 heterocycles. The lowest BCUT2D eigenvalue weighted by atomic mass is 10.1. The summed E-state index contributed by atoms with van der Waals surface area (Å²) < 4.78 is 1.94. The van der Waals surface area contributed by atoms with Crippen LogP contribution in [0, 0.1) is 6.92 Å². The summed E-state index contributed by atoms with van der Waals surface area (Å²) in [5, 5.41) is 7.65. The van der Waals surface area contributed by atoms with E-state index >= 15 is 0 Å². The highest BCUT2D eigenvalue weighted by molar-refractivity contribution is 7.80. The molecule has 0 amide bonds. The Hall–Kier alpha value is -1.88. The summed E-state index contributed by atoms with van der Waals surface area (Å²) in [5.41, 5.74) is 8.64. The van der Waals surface area contributed by atoms with Crippen LogP contribution in [0.4, 0.5) is 11.5 Å². The maximum atomic E-state index is 5.66. The number of nitrogens with two attached hydrogens (primary N) is 1. The third-order valence-corrected chi connectivity index (χ3v) is 3.14. The van der Waals surface area contributed by atoms with Crippen molar-refractivity contribution in [2.75, 3.05) is 5.32 Å². The minimum Gasteiger partial charge on any atom is -0.389 e. The lowest BCUT2D eigenvalue weighted by Crippen LogP contribution is -2.11. The molecule has 0 fully saturated rings. The topological polar surface area (TPSA) is 55.9 Å². The molecule has 0 spiro atoms. The van der Waals surface area contributed by atoms with Crippen LogP contribution < -0.4 is 11.1 Å². The average molecular weight is 274 g/mol. The van der Waals surface area contributed by atoms with Crippen molar-refractivity contribution in [1.82, 2.24) is 9.78 Å². The summed E-state index contributed by atoms with van der Waals surface area (Å²) >= 11 is 5.01. The normalized spacial score (nSPS) is 10.7. The van der Waals surface area contributed by atoms with Crippen LogP contribution in [0.2, 0.25) is 0 Å². The van der Waals surface area contributed by atoms with Gasteiger partial charge in [-0.1, -0.05) is 12.2 Å². The maximum absolute atomic E-state index is 5.66. The van der Waals surface area contributed by atoms with Gasteiger partial charge < -0.3 is 11.1 Å². The SMILES string of the molecule is Cc1cc(Nc2ccnn2C(C)C)ccc1C(N)=S. The zero-order valence-electron chi connectivity index (χ0n) is 11.3. The molecule has 100 valence electrons. The monoisotopic (exact) mass is 274 g/mol. The summed E-state index contributed by atoms with van der Waals surface area (Å²) in [6.07, 6.45) is 1.79. The first-order valence-electron chi connectivity index (χ1n) is 6.20. The Bertz CT molecular complexity index is 601. The number of benzene rings is 1. The summed E-state index contributed by atoms with van der Waals surface area (Å²) in [6.45, 7) is 6.19. The molecule has 0 radical (unpaired) electrons. The van der Waals surface area contributed by atoms with E-state index in [2.05, 4.69) is 24.3 Å². The molecule has 0 atom stereocenters. The first kappa shape index (κ1) is 13.5. The molecule has 3 N–H and O–H groups in total. The van der Waals surface area contributed by atoms with Crippen LogP contribution in [0.25, 0.3) is 0 Å². The van der Waals surface area contributed by atoms with Gasteiger partial charge in [0.2, 0.25) is 0 Å². The third kappa shape index (κ3) is 2.93. The fraction of sp³-hybridized carbons (Fsp3) is 0.286. The average Bonchev–Trinajstić information content (AvgIpc) is 2.76. The van der Waals surface area contributed by atoms with Gasteiger partial charge in [0.15, 0.2) is 0 Å². The number of hydrogen-bond donors (Lipinski definition) is 2. The number of aryl methyl sites for hydroxylation is 1. The van der Waals surface area contributed by atoms with Crippen molar-refractivity contribution in [3.05, 3.63) is 41.6 Å². The highest BCUT2D eigenvalue weighted by atomic mass is 32.1. The second-order valence-corrected chi connectivity index (χ2v) is 5.21. The van der Waals surface area contributed by atoms with Gasteiger partial charge in [0.1, 0.15) is 10.8 Å². The second kappa shape index (κ2) is 5.40. The Kier molecular flexibility index (Phi) is 3.85. The molecule has 0 aliphatic carbocycles. The third-order valence-electron chi connectivity index (χ3n) is 2.92. The standard InChI is InChI=1S/C14H18N4S/c1-9(2)18-13(6-7-16-18)17-11-4-5-12(14(15)19)10(3)8-11/h4-9,17H,1-3H3,(H2,15,19). The Morgan fingerprint density at radius 3 is 2.68 bits per heavy atom. The molecular formula is C14H18N4S. The quantitative estimate of drug-likeness (QED) is 0.841. The van der Waals surface area contributed by atoms with Crippen molar-refractivity contribution in [3.63, 3.8) is 0 Å². The van der Waals surface area contributed by atoms with Gasteiger partial charge in [-0.25, -0.2) is 4.68 Å². The number of thiocarbonyl (C=S) groups is 1. The van der Waals surface area contributed by atoms with Gasteiger partial charge in [0.05, 0.1) is 6.20 Å². The highest BCUT2D eigenvalue weighted by Crippen LogP contribution is 2.21. The van der Waals surface area contributed by atoms with Gasteiger partial charge in [0.25, 0.3) is 0 Å². The number of nitrogens with zero attached hydrogens (tertiary/aromatic N) is 2. The molecule has 4 nitrogen and oxygen atoms in total. The van der Waals surface area contributed by atoms with E-state index in [-0.39, 0.29) is 0 Å². The lowest BCUT2D eigenvalue weighted by molar-refractivity contribution is 0.540. The van der Waals surface area contributed by atoms with Crippen LogP contribution >= 0.6 is 12.2 Å². The molecule has 0 saturated carbocycles. The molecular weight excluding hydrogens is 256 g/mol. The zero-order valence-corrected chi connectivity index (χ0v) is 12.2. The fourth-order valence-corrected chi connectivity index (χ4v) is 2.22. The van der Waals surface area contributed by atoms with Gasteiger partial charge >= 0.3 is 0 Å². The number of nitrogens with one attached hydrogen (secondary N) is 1. The van der Waals surface area contributed by atoms with E-state index in [0.29, 0.717) is 11.0 Å². The van der Waals surface area contributed by atoms with Crippen molar-refractivity contribution in [3.8, 4) is 0 Å². The van der Waals surface area contributed by atoms with Gasteiger partial charge in [-0.15, -0.1) is 0 Å². The maximum Gasteiger partial charge on any atom is 0.128 e. The summed E-state index contributed by atoms with van der Waals surface area (Å²) in [6, 6.07) is 8.22. The molecule has 0 unspecified atom stereocenters. The zero-order chi connectivity index (χ0) is 14.0. The molecule has 2 rings (SSSR count). The molecule has 0 bridgehead atoms. The predicted molar refractivity (Wildman–Crippen MR) is 83.0 cm³/mol. The molecule has 0 saturated heterocycles. The smallest absolute Gasteiger partial charge is 0.128 e. The van der Waals surface area contributed by atoms with Crippen LogP contribution in [0.5, 0.6) is 0 Å². The molecule has 2 aromatic rings. The fourth-order valence-electron chi connectivity index (χ4n) is 1.99. The van der Waals surface area contributed by atoms with Crippen LogP contribution in [0.1, 0.15) is 31.0 Å². The van der Waals surface area contributed by atoms with Crippen molar-refractivity contribution < 1.29 is 0 Å². The van der Waals surface area contributed by atoms with E-state index in [4.69, 9.17) is 18.0 Å². The summed E-state index contributed by atoms with van der Waals surface area (Å²) in [4.78, 5) is 0.427. The van der Waals surface area contributed by atoms with Crippen LogP contribution in [0.3, 0.4) is 0 Å². The van der Waals surface area contributed by atoms with E-state index in [1.54, 1.807) is 6.20 Å². The Morgan fingerprint density at radius 1 is 1.37 bits per heavy atom. The van der Waals surface area contributed by atoms with Crippen molar-refractivity contribution in [2.24, 2.45) is 5.73 Å². The van der Waals surface area contributed by atoms with Crippen LogP contribution in [-0.4, -0.2) is 14.8 Å². The molecule has 0 aliphatic heterocycles. The van der Waals surface area contributed by atoms with Gasteiger partial charge in [-0.2, -0.15) is 5.10 Å². The van der Waals surface area contributed by atoms with Crippen molar-refractivity contribution in [1.29, 1.82) is 0 Å². The number of rotatable bonds is 4. The Labute approximate surface area is 118 Å². The minimum absolute atomic E-state index is 0.314. The Balaban J connectivity index is 2.27. The van der Waals surface area contributed by atoms with Crippen molar-refractivity contribution >= 4 is 28.7 Å². The van der Waals surface area contributed by atoms with E-state index in [1.165, 1.54) is 0 Å². The first-order valence-corrected chi connectivity index (χ1v) is 6.61. The van der Waals surface area contributed by atoms with Crippen LogP contribution in [0.15, 0.2) is 30.5 Å². The second-order valence-electron chi connectivity index (χ2n) is 4.77. The minimum atomic E-state index is 0.314. The summed E-state index contributed by atoms with van der Waals surface area (Å²) in [5.74, 6) is 0.970. The molecule has 1 aromatic heterocycles. The molecule has 19 heavy (non-hydrogen) atoms. The van der Waals surface area contributed by atoms with Gasteiger partial charge in [-0.3, -0.25) is 0 Å². The highest BCUT2D eigenvalue weighted by Gasteiger charge is 2.07. The molecule has 5 heteroatoms. The molecule has 0 aliphatic rings. The van der Waals surface area contributed by atoms with E-state index in [0.717, 1.165) is 22.6 Å². The lowest BCUT2D eigenvalue weighted by Gasteiger charge is -2.14. The Morgan fingerprint density at radius 2 is 2.11 bits per heavy atom. The van der Waals surface area contributed by atoms with Crippen molar-refractivity contribution in [2.45, 2.75) is 26.8 Å². The van der Waals surface area contributed by atoms with E-state index in [9.17, 15) is 0 Å². The number of hydrogen-bond acceptors (Lipinski definition) is 3. The first-order chi connectivity index (χ1) is 8.99. The van der Waals surface area contributed by atoms with Crippen LogP contribution in [-0.2, 0) is 0 Å². The van der Waals surface area contributed by atoms with E-state index in [1.807, 2.05) is 35.9 Å². The predicted octanol–water partition coefficient (Wildman–Crippen LogP) is 3.15. The number of aromatic nitrogens is 2.